The van der Waals surface area contributed by atoms with Gasteiger partial charge in [0.25, 0.3) is 0 Å². The third kappa shape index (κ3) is 4.47. The van der Waals surface area contributed by atoms with Crippen molar-refractivity contribution in [2.45, 2.75) is 32.9 Å². The Morgan fingerprint density at radius 1 is 1.39 bits per heavy atom. The maximum absolute atomic E-state index is 11.6. The number of hydrogen-bond donors (Lipinski definition) is 3. The van der Waals surface area contributed by atoms with Crippen LogP contribution in [0.2, 0.25) is 0 Å². The first-order valence-electron chi connectivity index (χ1n) is 9.49. The van der Waals surface area contributed by atoms with E-state index < -0.39 is 0 Å². The van der Waals surface area contributed by atoms with Crippen LogP contribution in [-0.2, 0) is 17.8 Å². The predicted octanol–water partition coefficient (Wildman–Crippen LogP) is 0.626. The number of nitrogens with one attached hydrogen (secondary N) is 3. The molecule has 0 aromatic heterocycles. The number of urea groups is 1. The number of ether oxygens (including phenoxy) is 2. The van der Waals surface area contributed by atoms with Gasteiger partial charge in [0.05, 0.1) is 13.2 Å². The van der Waals surface area contributed by atoms with Crippen LogP contribution in [0.3, 0.4) is 0 Å². The molecule has 9 heteroatoms. The molecule has 0 aliphatic carbocycles. The zero-order valence-corrected chi connectivity index (χ0v) is 16.5. The molecule has 152 valence electrons. The quantitative estimate of drug-likeness (QED) is 0.359. The molecule has 2 heterocycles. The van der Waals surface area contributed by atoms with Crippen molar-refractivity contribution in [3.05, 3.63) is 23.3 Å². The van der Waals surface area contributed by atoms with Gasteiger partial charge in [-0.3, -0.25) is 14.7 Å². The maximum Gasteiger partial charge on any atom is 0.324 e. The molecule has 3 N–H and O–H groups in total. The Balaban J connectivity index is 1.56. The molecule has 0 saturated carbocycles. The van der Waals surface area contributed by atoms with Crippen LogP contribution in [0.5, 0.6) is 11.5 Å². The third-order valence-corrected chi connectivity index (χ3v) is 4.61. The summed E-state index contributed by atoms with van der Waals surface area (Å²) in [6.45, 7) is 5.84. The van der Waals surface area contributed by atoms with Gasteiger partial charge in [0.15, 0.2) is 5.96 Å². The summed E-state index contributed by atoms with van der Waals surface area (Å²) in [4.78, 5) is 28.5. The van der Waals surface area contributed by atoms with Gasteiger partial charge in [-0.1, -0.05) is 0 Å². The summed E-state index contributed by atoms with van der Waals surface area (Å²) in [7, 11) is 1.67. The van der Waals surface area contributed by atoms with E-state index in [9.17, 15) is 9.59 Å². The number of guanidine groups is 1. The molecule has 1 unspecified atom stereocenters. The SMILES string of the molecule is CCOc1cc2c(cc1CNC(=NC)NCCN1C(=O)CNC1=O)OC(C)C2. The Bertz CT molecular complexity index is 764. The van der Waals surface area contributed by atoms with Gasteiger partial charge in [-0.2, -0.15) is 0 Å². The Morgan fingerprint density at radius 3 is 2.89 bits per heavy atom. The highest BCUT2D eigenvalue weighted by Crippen LogP contribution is 2.35. The van der Waals surface area contributed by atoms with Gasteiger partial charge in [0, 0.05) is 44.2 Å². The fraction of sp³-hybridized carbons (Fsp3) is 0.526. The van der Waals surface area contributed by atoms with E-state index in [1.165, 1.54) is 4.90 Å². The molecule has 1 saturated heterocycles. The van der Waals surface area contributed by atoms with E-state index in [0.717, 1.165) is 29.0 Å². The minimum absolute atomic E-state index is 0.0605. The highest BCUT2D eigenvalue weighted by atomic mass is 16.5. The highest BCUT2D eigenvalue weighted by Gasteiger charge is 2.27. The van der Waals surface area contributed by atoms with E-state index in [-0.39, 0.29) is 31.1 Å². The predicted molar refractivity (Wildman–Crippen MR) is 105 cm³/mol. The number of fused-ring (bicyclic) bond motifs is 1. The van der Waals surface area contributed by atoms with E-state index in [0.29, 0.717) is 25.7 Å². The lowest BCUT2D eigenvalue weighted by Crippen LogP contribution is -2.43. The van der Waals surface area contributed by atoms with Gasteiger partial charge < -0.3 is 25.4 Å². The van der Waals surface area contributed by atoms with Crippen molar-refractivity contribution in [2.24, 2.45) is 4.99 Å². The lowest BCUT2D eigenvalue weighted by Gasteiger charge is -2.17. The number of imide groups is 1. The van der Waals surface area contributed by atoms with Crippen LogP contribution in [0, 0.1) is 0 Å². The molecule has 0 radical (unpaired) electrons. The van der Waals surface area contributed by atoms with Crippen LogP contribution < -0.4 is 25.4 Å². The Morgan fingerprint density at radius 2 is 2.21 bits per heavy atom. The number of carbonyl (C=O) groups is 2. The van der Waals surface area contributed by atoms with Crippen molar-refractivity contribution in [3.8, 4) is 11.5 Å². The van der Waals surface area contributed by atoms with Crippen molar-refractivity contribution in [1.29, 1.82) is 0 Å². The van der Waals surface area contributed by atoms with Crippen molar-refractivity contribution in [3.63, 3.8) is 0 Å². The number of amides is 3. The van der Waals surface area contributed by atoms with E-state index >= 15 is 0 Å². The minimum Gasteiger partial charge on any atom is -0.494 e. The Hall–Kier alpha value is -2.97. The zero-order valence-electron chi connectivity index (χ0n) is 16.5. The molecule has 2 aliphatic heterocycles. The van der Waals surface area contributed by atoms with Crippen molar-refractivity contribution >= 4 is 17.9 Å². The highest BCUT2D eigenvalue weighted by molar-refractivity contribution is 6.01. The van der Waals surface area contributed by atoms with Crippen molar-refractivity contribution < 1.29 is 19.1 Å². The summed E-state index contributed by atoms with van der Waals surface area (Å²) in [5, 5.41) is 8.84. The smallest absolute Gasteiger partial charge is 0.324 e. The van der Waals surface area contributed by atoms with Gasteiger partial charge in [-0.25, -0.2) is 4.79 Å². The van der Waals surface area contributed by atoms with Crippen LogP contribution in [-0.4, -0.2) is 62.2 Å². The van der Waals surface area contributed by atoms with Crippen LogP contribution in [0.25, 0.3) is 0 Å². The molecule has 1 aromatic carbocycles. The molecule has 0 spiro atoms. The molecule has 9 nitrogen and oxygen atoms in total. The number of rotatable bonds is 7. The fourth-order valence-corrected chi connectivity index (χ4v) is 3.28. The summed E-state index contributed by atoms with van der Waals surface area (Å²) in [5.41, 5.74) is 2.14. The Labute approximate surface area is 164 Å². The first-order chi connectivity index (χ1) is 13.5. The zero-order chi connectivity index (χ0) is 20.1. The number of nitrogens with zero attached hydrogens (tertiary/aromatic N) is 2. The molecular formula is C19H27N5O4. The molecule has 3 rings (SSSR count). The Kier molecular flexibility index (Phi) is 6.23. The van der Waals surface area contributed by atoms with Gasteiger partial charge in [-0.15, -0.1) is 0 Å². The van der Waals surface area contributed by atoms with Gasteiger partial charge in [0.2, 0.25) is 5.91 Å². The largest absolute Gasteiger partial charge is 0.494 e. The van der Waals surface area contributed by atoms with E-state index in [4.69, 9.17) is 9.47 Å². The first kappa shape index (κ1) is 19.8. The van der Waals surface area contributed by atoms with Crippen molar-refractivity contribution in [1.82, 2.24) is 20.9 Å². The normalized spacial score (nSPS) is 18.6. The first-order valence-corrected chi connectivity index (χ1v) is 9.49. The molecule has 0 bridgehead atoms. The van der Waals surface area contributed by atoms with E-state index in [1.807, 2.05) is 19.1 Å². The summed E-state index contributed by atoms with van der Waals surface area (Å²) >= 11 is 0. The molecule has 1 atom stereocenters. The second-order valence-electron chi connectivity index (χ2n) is 6.69. The van der Waals surface area contributed by atoms with Crippen molar-refractivity contribution in [2.75, 3.05) is 33.3 Å². The molecule has 1 fully saturated rings. The third-order valence-electron chi connectivity index (χ3n) is 4.61. The van der Waals surface area contributed by atoms with Gasteiger partial charge in [-0.05, 0) is 26.0 Å². The monoisotopic (exact) mass is 389 g/mol. The average molecular weight is 389 g/mol. The second kappa shape index (κ2) is 8.81. The molecule has 3 amide bonds. The van der Waals surface area contributed by atoms with Gasteiger partial charge >= 0.3 is 6.03 Å². The van der Waals surface area contributed by atoms with Crippen LogP contribution in [0.4, 0.5) is 4.79 Å². The maximum atomic E-state index is 11.6. The molecule has 2 aliphatic rings. The average Bonchev–Trinajstić information content (AvgIpc) is 3.19. The summed E-state index contributed by atoms with van der Waals surface area (Å²) in [6.07, 6.45) is 1.06. The number of hydrogen-bond acceptors (Lipinski definition) is 5. The summed E-state index contributed by atoms with van der Waals surface area (Å²) in [6, 6.07) is 3.70. The number of aliphatic imine (C=N–C) groups is 1. The van der Waals surface area contributed by atoms with E-state index in [1.54, 1.807) is 7.05 Å². The molecular weight excluding hydrogens is 362 g/mol. The lowest BCUT2D eigenvalue weighted by molar-refractivity contribution is -0.124. The van der Waals surface area contributed by atoms with Crippen LogP contribution in [0.1, 0.15) is 25.0 Å². The number of carbonyl (C=O) groups excluding carboxylic acids is 2. The summed E-state index contributed by atoms with van der Waals surface area (Å²) in [5.74, 6) is 2.09. The van der Waals surface area contributed by atoms with E-state index in [2.05, 4.69) is 27.9 Å². The minimum atomic E-state index is -0.358. The fourth-order valence-electron chi connectivity index (χ4n) is 3.28. The summed E-state index contributed by atoms with van der Waals surface area (Å²) < 4.78 is 11.6. The molecule has 1 aromatic rings. The number of benzene rings is 1. The van der Waals surface area contributed by atoms with Gasteiger partial charge in [0.1, 0.15) is 17.6 Å². The standard InChI is InChI=1S/C19H27N5O4/c1-4-27-15-8-13-7-12(2)28-16(13)9-14(15)10-22-18(20-3)21-5-6-24-17(25)11-23-19(24)26/h8-9,12H,4-7,10-11H2,1-3H3,(H,23,26)(H2,20,21,22). The lowest BCUT2D eigenvalue weighted by atomic mass is 10.1. The topological polar surface area (TPSA) is 104 Å². The second-order valence-corrected chi connectivity index (χ2v) is 6.69. The molecule has 28 heavy (non-hydrogen) atoms. The van der Waals surface area contributed by atoms with Crippen LogP contribution in [0.15, 0.2) is 17.1 Å². The van der Waals surface area contributed by atoms with Crippen LogP contribution >= 0.6 is 0 Å².